The number of ether oxygens (including phenoxy) is 1. The van der Waals surface area contributed by atoms with E-state index in [0.29, 0.717) is 0 Å². The van der Waals surface area contributed by atoms with Gasteiger partial charge >= 0.3 is 0 Å². The first kappa shape index (κ1) is 17.3. The molecular formula is C22H26N4O2. The molecule has 2 fully saturated rings. The minimum Gasteiger partial charge on any atom is -0.490 e. The number of anilines is 1. The maximum Gasteiger partial charge on any atom is 0.266 e. The number of benzene rings is 1. The van der Waals surface area contributed by atoms with Gasteiger partial charge in [0.15, 0.2) is 0 Å². The molecular weight excluding hydrogens is 352 g/mol. The molecule has 3 heterocycles. The molecule has 2 aromatic heterocycles. The third-order valence-corrected chi connectivity index (χ3v) is 5.93. The van der Waals surface area contributed by atoms with E-state index in [1.54, 1.807) is 13.1 Å². The van der Waals surface area contributed by atoms with Gasteiger partial charge in [-0.15, -0.1) is 0 Å². The lowest BCUT2D eigenvalue weighted by Gasteiger charge is -2.33. The lowest BCUT2D eigenvalue weighted by atomic mass is 10.1. The molecule has 0 unspecified atom stereocenters. The van der Waals surface area contributed by atoms with Gasteiger partial charge in [-0.05, 0) is 43.0 Å². The van der Waals surface area contributed by atoms with E-state index >= 15 is 0 Å². The molecule has 3 aromatic rings. The zero-order valence-electron chi connectivity index (χ0n) is 16.3. The lowest BCUT2D eigenvalue weighted by molar-refractivity contribution is 0.173. The summed E-state index contributed by atoms with van der Waals surface area (Å²) >= 11 is 0. The van der Waals surface area contributed by atoms with Gasteiger partial charge in [0.1, 0.15) is 17.7 Å². The van der Waals surface area contributed by atoms with Crippen LogP contribution in [-0.2, 0) is 13.6 Å². The van der Waals surface area contributed by atoms with Crippen molar-refractivity contribution in [3.05, 3.63) is 52.9 Å². The van der Waals surface area contributed by atoms with Crippen molar-refractivity contribution < 1.29 is 4.74 Å². The number of hydrogen-bond acceptors (Lipinski definition) is 4. The molecule has 0 N–H and O–H groups in total. The summed E-state index contributed by atoms with van der Waals surface area (Å²) < 4.78 is 10.2. The smallest absolute Gasteiger partial charge is 0.266 e. The first-order valence-electron chi connectivity index (χ1n) is 10.2. The molecule has 6 nitrogen and oxygen atoms in total. The van der Waals surface area contributed by atoms with Crippen LogP contribution in [0.15, 0.2) is 47.4 Å². The molecule has 6 heteroatoms. The van der Waals surface area contributed by atoms with Crippen LogP contribution in [0.3, 0.4) is 0 Å². The number of aryl methyl sites for hydroxylation is 1. The van der Waals surface area contributed by atoms with Gasteiger partial charge in [-0.2, -0.15) is 5.10 Å². The summed E-state index contributed by atoms with van der Waals surface area (Å²) in [4.78, 5) is 13.8. The van der Waals surface area contributed by atoms with Crippen LogP contribution in [-0.4, -0.2) is 33.5 Å². The number of piperidine rings is 1. The van der Waals surface area contributed by atoms with Gasteiger partial charge in [-0.1, -0.05) is 6.07 Å². The third kappa shape index (κ3) is 3.39. The third-order valence-electron chi connectivity index (χ3n) is 5.93. The van der Waals surface area contributed by atoms with Crippen molar-refractivity contribution >= 4 is 16.7 Å². The normalized spacial score (nSPS) is 18.0. The Hall–Kier alpha value is -2.76. The predicted octanol–water partition coefficient (Wildman–Crippen LogP) is 3.19. The summed E-state index contributed by atoms with van der Waals surface area (Å²) in [6, 6.07) is 12.0. The Morgan fingerprint density at radius 1 is 1.07 bits per heavy atom. The highest BCUT2D eigenvalue weighted by Gasteiger charge is 2.24. The van der Waals surface area contributed by atoms with Gasteiger partial charge in [0.05, 0.1) is 5.52 Å². The van der Waals surface area contributed by atoms with E-state index in [-0.39, 0.29) is 11.7 Å². The fourth-order valence-corrected chi connectivity index (χ4v) is 4.08. The maximum absolute atomic E-state index is 11.5. The highest BCUT2D eigenvalue weighted by molar-refractivity contribution is 5.86. The molecule has 5 rings (SSSR count). The Labute approximate surface area is 164 Å². The Morgan fingerprint density at radius 3 is 2.64 bits per heavy atom. The summed E-state index contributed by atoms with van der Waals surface area (Å²) in [6.07, 6.45) is 7.02. The minimum absolute atomic E-state index is 0.0799. The lowest BCUT2D eigenvalue weighted by Crippen LogP contribution is -2.39. The molecule has 0 amide bonds. The number of rotatable bonds is 5. The topological polar surface area (TPSA) is 52.3 Å². The van der Waals surface area contributed by atoms with Crippen LogP contribution in [0.1, 0.15) is 25.7 Å². The molecule has 1 aliphatic heterocycles. The fourth-order valence-electron chi connectivity index (χ4n) is 4.08. The van der Waals surface area contributed by atoms with Crippen LogP contribution in [0.25, 0.3) is 10.9 Å². The molecule has 0 bridgehead atoms. The van der Waals surface area contributed by atoms with Crippen molar-refractivity contribution in [3.63, 3.8) is 0 Å². The second kappa shape index (κ2) is 7.00. The van der Waals surface area contributed by atoms with Crippen LogP contribution in [0.4, 0.5) is 5.82 Å². The summed E-state index contributed by atoms with van der Waals surface area (Å²) in [5.74, 6) is 2.71. The number of fused-ring (bicyclic) bond motifs is 1. The monoisotopic (exact) mass is 378 g/mol. The van der Waals surface area contributed by atoms with E-state index < -0.39 is 0 Å². The van der Waals surface area contributed by atoms with Gasteiger partial charge in [-0.25, -0.2) is 4.68 Å². The van der Waals surface area contributed by atoms with Crippen molar-refractivity contribution in [1.29, 1.82) is 0 Å². The molecule has 1 aromatic carbocycles. The molecule has 28 heavy (non-hydrogen) atoms. The second-order valence-electron chi connectivity index (χ2n) is 8.06. The van der Waals surface area contributed by atoms with Crippen LogP contribution < -0.4 is 15.2 Å². The molecule has 0 atom stereocenters. The van der Waals surface area contributed by atoms with E-state index in [0.717, 1.165) is 50.0 Å². The molecule has 0 spiro atoms. The summed E-state index contributed by atoms with van der Waals surface area (Å²) in [5.41, 5.74) is 1.19. The zero-order valence-corrected chi connectivity index (χ0v) is 16.3. The Bertz CT molecular complexity index is 1040. The van der Waals surface area contributed by atoms with Crippen LogP contribution in [0.5, 0.6) is 5.75 Å². The van der Waals surface area contributed by atoms with Crippen molar-refractivity contribution in [1.82, 2.24) is 14.3 Å². The first-order valence-corrected chi connectivity index (χ1v) is 10.2. The average Bonchev–Trinajstić information content (AvgIpc) is 3.43. The predicted molar refractivity (Wildman–Crippen MR) is 110 cm³/mol. The molecule has 1 aliphatic carbocycles. The summed E-state index contributed by atoms with van der Waals surface area (Å²) in [7, 11) is 1.69. The van der Waals surface area contributed by atoms with Crippen molar-refractivity contribution in [2.24, 2.45) is 13.0 Å². The summed E-state index contributed by atoms with van der Waals surface area (Å²) in [5, 5.41) is 5.58. The van der Waals surface area contributed by atoms with Gasteiger partial charge in [0.2, 0.25) is 0 Å². The number of hydrogen-bond donors (Lipinski definition) is 0. The first-order chi connectivity index (χ1) is 13.7. The zero-order chi connectivity index (χ0) is 19.1. The van der Waals surface area contributed by atoms with E-state index in [9.17, 15) is 4.79 Å². The van der Waals surface area contributed by atoms with Crippen molar-refractivity contribution in [2.45, 2.75) is 38.3 Å². The largest absolute Gasteiger partial charge is 0.490 e. The molecule has 0 radical (unpaired) electrons. The van der Waals surface area contributed by atoms with E-state index in [4.69, 9.17) is 4.74 Å². The fraction of sp³-hybridized carbons (Fsp3) is 0.455. The number of aromatic nitrogens is 3. The van der Waals surface area contributed by atoms with Crippen molar-refractivity contribution in [3.8, 4) is 5.75 Å². The minimum atomic E-state index is -0.0799. The Balaban J connectivity index is 1.27. The van der Waals surface area contributed by atoms with Gasteiger partial charge in [-0.3, -0.25) is 4.79 Å². The van der Waals surface area contributed by atoms with Crippen LogP contribution in [0, 0.1) is 5.92 Å². The van der Waals surface area contributed by atoms with Crippen molar-refractivity contribution in [2.75, 3.05) is 18.0 Å². The number of nitrogens with zero attached hydrogens (tertiary/aromatic N) is 4. The molecule has 146 valence electrons. The van der Waals surface area contributed by atoms with Gasteiger partial charge in [0.25, 0.3) is 5.56 Å². The Kier molecular flexibility index (Phi) is 4.34. The molecule has 1 saturated carbocycles. The van der Waals surface area contributed by atoms with E-state index in [1.165, 1.54) is 28.4 Å². The van der Waals surface area contributed by atoms with Gasteiger partial charge < -0.3 is 14.2 Å². The molecule has 2 aliphatic rings. The van der Waals surface area contributed by atoms with Gasteiger partial charge in [0, 0.05) is 57.2 Å². The molecule has 1 saturated heterocycles. The standard InChI is InChI=1S/C22H26N4O2/c1-24-22(27)8-7-21(23-24)25-12-9-17(10-13-25)28-20-4-2-3-19-18(20)11-14-26(19)15-16-5-6-16/h2-4,7-8,11,14,16-17H,5-6,9-10,12-13,15H2,1H3. The average molecular weight is 378 g/mol. The highest BCUT2D eigenvalue weighted by atomic mass is 16.5. The SMILES string of the molecule is Cn1nc(N2CCC(Oc3cccc4c3ccn4CC3CC3)CC2)ccc1=O. The van der Waals surface area contributed by atoms with E-state index in [1.807, 2.05) is 6.07 Å². The van der Waals surface area contributed by atoms with E-state index in [2.05, 4.69) is 45.0 Å². The highest BCUT2D eigenvalue weighted by Crippen LogP contribution is 2.34. The summed E-state index contributed by atoms with van der Waals surface area (Å²) in [6.45, 7) is 2.89. The second-order valence-corrected chi connectivity index (χ2v) is 8.06. The van der Waals surface area contributed by atoms with Crippen LogP contribution >= 0.6 is 0 Å². The maximum atomic E-state index is 11.5. The Morgan fingerprint density at radius 2 is 1.89 bits per heavy atom. The van der Waals surface area contributed by atoms with Crippen LogP contribution in [0.2, 0.25) is 0 Å². The quantitative estimate of drug-likeness (QED) is 0.684.